The van der Waals surface area contributed by atoms with E-state index in [0.29, 0.717) is 13.0 Å². The number of hydrogen-bond donors (Lipinski definition) is 2. The van der Waals surface area contributed by atoms with Crippen molar-refractivity contribution in [3.63, 3.8) is 0 Å². The molecule has 1 aliphatic heterocycles. The lowest BCUT2D eigenvalue weighted by Crippen LogP contribution is -2.60. The predicted octanol–water partition coefficient (Wildman–Crippen LogP) is -0.489. The van der Waals surface area contributed by atoms with Crippen LogP contribution in [0.25, 0.3) is 0 Å². The van der Waals surface area contributed by atoms with Gasteiger partial charge in [0.2, 0.25) is 11.8 Å². The van der Waals surface area contributed by atoms with Crippen molar-refractivity contribution >= 4 is 11.8 Å². The van der Waals surface area contributed by atoms with Crippen LogP contribution < -0.4 is 10.6 Å². The molecule has 1 heterocycles. The van der Waals surface area contributed by atoms with E-state index in [4.69, 9.17) is 0 Å². The Morgan fingerprint density at radius 3 is 2.50 bits per heavy atom. The van der Waals surface area contributed by atoms with Gasteiger partial charge in [0.05, 0.1) is 5.41 Å². The number of piperazine rings is 1. The molecule has 1 saturated heterocycles. The largest absolute Gasteiger partial charge is 0.359 e. The third kappa shape index (κ3) is 4.18. The molecule has 0 aromatic carbocycles. The summed E-state index contributed by atoms with van der Waals surface area (Å²) in [5.41, 5.74) is -0.480. The highest BCUT2D eigenvalue weighted by molar-refractivity contribution is 5.83. The first-order valence-corrected chi connectivity index (χ1v) is 7.16. The molecule has 0 aromatic rings. The van der Waals surface area contributed by atoms with Crippen molar-refractivity contribution in [2.24, 2.45) is 5.41 Å². The van der Waals surface area contributed by atoms with Gasteiger partial charge in [-0.1, -0.05) is 0 Å². The van der Waals surface area contributed by atoms with E-state index in [1.807, 2.05) is 13.8 Å². The Morgan fingerprint density at radius 2 is 1.90 bits per heavy atom. The Balaban J connectivity index is 2.57. The molecule has 0 aliphatic carbocycles. The highest BCUT2D eigenvalue weighted by Gasteiger charge is 2.41. The fourth-order valence-electron chi connectivity index (χ4n) is 2.58. The van der Waals surface area contributed by atoms with Gasteiger partial charge in [-0.2, -0.15) is 0 Å². The zero-order valence-electron chi connectivity index (χ0n) is 13.3. The fourth-order valence-corrected chi connectivity index (χ4v) is 2.58. The summed E-state index contributed by atoms with van der Waals surface area (Å²) in [5, 5.41) is 5.42. The molecule has 6 nitrogen and oxygen atoms in total. The Labute approximate surface area is 121 Å². The molecule has 6 heteroatoms. The number of nitrogens with one attached hydrogen (secondary N) is 2. The average molecular weight is 290 g/mol. The molecule has 1 atom stereocenters. The predicted molar refractivity (Wildman–Crippen MR) is 79.4 cm³/mol. The van der Waals surface area contributed by atoms with Gasteiger partial charge < -0.3 is 15.5 Å². The lowest BCUT2D eigenvalue weighted by molar-refractivity contribution is -0.134. The van der Waals surface area contributed by atoms with Gasteiger partial charge in [-0.05, 0) is 27.9 Å². The Bertz CT molecular complexity index is 357. The highest BCUT2D eigenvalue weighted by Crippen LogP contribution is 2.27. The van der Waals surface area contributed by atoms with Gasteiger partial charge in [-0.25, -0.2) is 0 Å². The van der Waals surface area contributed by atoms with Crippen molar-refractivity contribution in [3.05, 3.63) is 0 Å². The summed E-state index contributed by atoms with van der Waals surface area (Å²) in [6, 6.07) is 0.182. The zero-order chi connectivity index (χ0) is 15.3. The van der Waals surface area contributed by atoms with Crippen LogP contribution in [-0.2, 0) is 9.59 Å². The van der Waals surface area contributed by atoms with Gasteiger partial charge >= 0.3 is 0 Å². The van der Waals surface area contributed by atoms with E-state index in [0.717, 1.165) is 19.6 Å². The van der Waals surface area contributed by atoms with E-state index >= 15 is 0 Å². The third-order valence-electron chi connectivity index (χ3n) is 4.19. The maximum absolute atomic E-state index is 12.4. The van der Waals surface area contributed by atoms with Crippen LogP contribution >= 0.6 is 0 Å². The second-order valence-electron chi connectivity index (χ2n) is 6.16. The topological polar surface area (TPSA) is 64.7 Å². The molecule has 0 bridgehead atoms. The van der Waals surface area contributed by atoms with Crippen LogP contribution in [0.2, 0.25) is 0 Å². The molecule has 0 spiro atoms. The van der Waals surface area contributed by atoms with Crippen LogP contribution in [0.15, 0.2) is 0 Å². The summed E-state index contributed by atoms with van der Waals surface area (Å²) in [6.07, 6.45) is 0.318. The van der Waals surface area contributed by atoms with Gasteiger partial charge in [-0.15, -0.1) is 0 Å². The zero-order valence-corrected chi connectivity index (χ0v) is 13.3. The molecule has 1 aliphatic rings. The molecular weight excluding hydrogens is 262 g/mol. The van der Waals surface area contributed by atoms with Crippen LogP contribution in [-0.4, -0.2) is 75.0 Å². The van der Waals surface area contributed by atoms with Crippen molar-refractivity contribution in [1.82, 2.24) is 20.4 Å². The summed E-state index contributed by atoms with van der Waals surface area (Å²) in [7, 11) is 5.75. The lowest BCUT2D eigenvalue weighted by atomic mass is 9.82. The molecule has 0 radical (unpaired) electrons. The van der Waals surface area contributed by atoms with Crippen molar-refractivity contribution in [2.75, 3.05) is 47.3 Å². The number of carbonyl (C=O) groups excluding carboxylic acids is 2. The first-order valence-electron chi connectivity index (χ1n) is 7.16. The summed E-state index contributed by atoms with van der Waals surface area (Å²) in [4.78, 5) is 28.1. The van der Waals surface area contributed by atoms with Crippen LogP contribution in [0.3, 0.4) is 0 Å². The summed E-state index contributed by atoms with van der Waals surface area (Å²) < 4.78 is 0. The van der Waals surface area contributed by atoms with E-state index in [2.05, 4.69) is 34.5 Å². The smallest absolute Gasteiger partial charge is 0.227 e. The molecule has 2 N–H and O–H groups in total. The molecule has 1 rings (SSSR count). The van der Waals surface area contributed by atoms with Crippen molar-refractivity contribution in [3.8, 4) is 0 Å². The number of likely N-dealkylation sites (N-methyl/N-ethyl adjacent to an activating group) is 2. The second-order valence-corrected chi connectivity index (χ2v) is 6.16. The fraction of sp³-hybridized carbons (Fsp3) is 0.857. The molecule has 1 fully saturated rings. The van der Waals surface area contributed by atoms with E-state index in [-0.39, 0.29) is 17.9 Å². The Morgan fingerprint density at radius 1 is 1.25 bits per heavy atom. The molecule has 2 amide bonds. The number of rotatable bonds is 5. The highest BCUT2D eigenvalue weighted by atomic mass is 16.3. The van der Waals surface area contributed by atoms with Gasteiger partial charge in [0.25, 0.3) is 0 Å². The second kappa shape index (κ2) is 7.04. The van der Waals surface area contributed by atoms with E-state index < -0.39 is 5.41 Å². The SMILES string of the molecule is CC(C)(C(=O)NCC[13C](=O)[15NH][13CH3])C1C[15N]([13CH3])CCN1[13CH3]. The van der Waals surface area contributed by atoms with Gasteiger partial charge in [0.1, 0.15) is 0 Å². The maximum atomic E-state index is 12.4. The summed E-state index contributed by atoms with van der Waals surface area (Å²) in [5.74, 6) is -0.0498. The first kappa shape index (κ1) is 16.9. The van der Waals surface area contributed by atoms with Crippen LogP contribution in [0.5, 0.6) is 0 Å². The molecule has 1 unspecified atom stereocenters. The van der Waals surface area contributed by atoms with Crippen LogP contribution in [0, 0.1) is 5.41 Å². The normalized spacial score (nSPS) is 21.6. The van der Waals surface area contributed by atoms with Crippen molar-refractivity contribution in [1.29, 1.82) is 0 Å². The molecule has 0 aromatic heterocycles. The molecular formula is C14H28N4O2. The summed E-state index contributed by atoms with van der Waals surface area (Å²) >= 11 is 0. The van der Waals surface area contributed by atoms with Gasteiger partial charge in [0, 0.05) is 45.7 Å². The Hall–Kier alpha value is -1.14. The van der Waals surface area contributed by atoms with E-state index in [1.165, 1.54) is 0 Å². The van der Waals surface area contributed by atoms with Crippen molar-refractivity contribution < 1.29 is 9.59 Å². The minimum Gasteiger partial charge on any atom is -0.359 e. The van der Waals surface area contributed by atoms with E-state index in [9.17, 15) is 9.59 Å². The van der Waals surface area contributed by atoms with Gasteiger partial charge in [-0.3, -0.25) is 14.5 Å². The average Bonchev–Trinajstić information content (AvgIpc) is 2.40. The number of hydrogen-bond acceptors (Lipinski definition) is 4. The first-order chi connectivity index (χ1) is 9.28. The molecule has 20 heavy (non-hydrogen) atoms. The number of amides is 2. The Kier molecular flexibility index (Phi) is 5.95. The van der Waals surface area contributed by atoms with E-state index in [1.54, 1.807) is 7.05 Å². The van der Waals surface area contributed by atoms with Crippen LogP contribution in [0.1, 0.15) is 20.3 Å². The standard InChI is InChI=1S/C14H28N4O2/c1-14(2,11-10-17(4)8-9-18(11)5)13(20)16-7-6-12(19)15-3/h11H,6-10H2,1-5H3,(H,15,19)(H,16,20)/i3+1,4+1,5+1,12+1,15+1,17+1. The molecule has 0 saturated carbocycles. The minimum atomic E-state index is -0.480. The quantitative estimate of drug-likeness (QED) is 0.530. The summed E-state index contributed by atoms with van der Waals surface area (Å²) in [6.45, 7) is 7.21. The number of carbonyl (C=O) groups is 2. The molecule has 116 valence electrons. The van der Waals surface area contributed by atoms with Crippen molar-refractivity contribution in [2.45, 2.75) is 26.3 Å². The monoisotopic (exact) mass is 290 g/mol. The van der Waals surface area contributed by atoms with Crippen LogP contribution in [0.4, 0.5) is 0 Å². The lowest BCUT2D eigenvalue weighted by Gasteiger charge is -2.45. The number of nitrogens with zero attached hydrogens (tertiary/aromatic N) is 2. The maximum Gasteiger partial charge on any atom is 0.227 e. The van der Waals surface area contributed by atoms with Gasteiger partial charge in [0.15, 0.2) is 0 Å². The minimum absolute atomic E-state index is 0.00792. The third-order valence-corrected chi connectivity index (χ3v) is 4.19.